The lowest BCUT2D eigenvalue weighted by molar-refractivity contribution is 0.463. The Kier molecular flexibility index (Phi) is 3.43. The van der Waals surface area contributed by atoms with Gasteiger partial charge in [0.1, 0.15) is 11.5 Å². The van der Waals surface area contributed by atoms with E-state index in [4.69, 9.17) is 10.8 Å². The van der Waals surface area contributed by atoms with E-state index in [0.29, 0.717) is 0 Å². The summed E-state index contributed by atoms with van der Waals surface area (Å²) in [6.45, 7) is 3.54. The molecule has 1 N–H and O–H groups in total. The van der Waals surface area contributed by atoms with Crippen molar-refractivity contribution in [1.82, 2.24) is 5.32 Å². The molecule has 1 aromatic rings. The SMILES string of the molecule is C#CCCNCc1ccc(C)o1. The first-order chi connectivity index (χ1) is 5.83. The molecule has 2 nitrogen and oxygen atoms in total. The van der Waals surface area contributed by atoms with Crippen LogP contribution >= 0.6 is 0 Å². The zero-order valence-corrected chi connectivity index (χ0v) is 7.26. The Hall–Kier alpha value is -1.20. The van der Waals surface area contributed by atoms with E-state index in [1.54, 1.807) is 0 Å². The summed E-state index contributed by atoms with van der Waals surface area (Å²) in [5.41, 5.74) is 0. The molecule has 0 aliphatic heterocycles. The first kappa shape index (κ1) is 8.89. The van der Waals surface area contributed by atoms with Crippen molar-refractivity contribution in [3.8, 4) is 12.3 Å². The monoisotopic (exact) mass is 163 g/mol. The Morgan fingerprint density at radius 3 is 3.00 bits per heavy atom. The van der Waals surface area contributed by atoms with Crippen LogP contribution < -0.4 is 5.32 Å². The number of aryl methyl sites for hydroxylation is 1. The zero-order chi connectivity index (χ0) is 8.81. The predicted octanol–water partition coefficient (Wildman–Crippen LogP) is 1.70. The second-order valence-corrected chi connectivity index (χ2v) is 2.64. The molecule has 0 atom stereocenters. The molecule has 0 aliphatic rings. The van der Waals surface area contributed by atoms with E-state index < -0.39 is 0 Å². The number of terminal acetylenes is 1. The number of hydrogen-bond acceptors (Lipinski definition) is 2. The summed E-state index contributed by atoms with van der Waals surface area (Å²) in [5.74, 6) is 4.48. The maximum atomic E-state index is 5.35. The molecule has 0 saturated heterocycles. The number of hydrogen-bond donors (Lipinski definition) is 1. The van der Waals surface area contributed by atoms with Crippen molar-refractivity contribution >= 4 is 0 Å². The van der Waals surface area contributed by atoms with Gasteiger partial charge in [-0.3, -0.25) is 0 Å². The fraction of sp³-hybridized carbons (Fsp3) is 0.400. The zero-order valence-electron chi connectivity index (χ0n) is 7.26. The van der Waals surface area contributed by atoms with Gasteiger partial charge in [-0.15, -0.1) is 12.3 Å². The van der Waals surface area contributed by atoms with Crippen LogP contribution in [0.1, 0.15) is 17.9 Å². The van der Waals surface area contributed by atoms with Gasteiger partial charge in [0.25, 0.3) is 0 Å². The maximum Gasteiger partial charge on any atom is 0.117 e. The molecular formula is C10H13NO. The highest BCUT2D eigenvalue weighted by Gasteiger charge is 1.95. The Labute approximate surface area is 73.0 Å². The van der Waals surface area contributed by atoms with E-state index in [1.165, 1.54) is 0 Å². The minimum atomic E-state index is 0.759. The van der Waals surface area contributed by atoms with Gasteiger partial charge >= 0.3 is 0 Å². The minimum absolute atomic E-state index is 0.759. The Bertz CT molecular complexity index is 270. The highest BCUT2D eigenvalue weighted by atomic mass is 16.3. The molecule has 0 spiro atoms. The maximum absolute atomic E-state index is 5.35. The molecule has 0 aromatic carbocycles. The fourth-order valence-corrected chi connectivity index (χ4v) is 0.952. The highest BCUT2D eigenvalue weighted by molar-refractivity contribution is 5.05. The number of nitrogens with one attached hydrogen (secondary N) is 1. The van der Waals surface area contributed by atoms with Crippen molar-refractivity contribution in [3.63, 3.8) is 0 Å². The molecule has 0 amide bonds. The van der Waals surface area contributed by atoms with E-state index in [9.17, 15) is 0 Å². The fourth-order valence-electron chi connectivity index (χ4n) is 0.952. The van der Waals surface area contributed by atoms with Crippen LogP contribution in [0.5, 0.6) is 0 Å². The van der Waals surface area contributed by atoms with Gasteiger partial charge in [-0.2, -0.15) is 0 Å². The van der Waals surface area contributed by atoms with Crippen molar-refractivity contribution in [3.05, 3.63) is 23.7 Å². The largest absolute Gasteiger partial charge is 0.465 e. The van der Waals surface area contributed by atoms with Crippen LogP contribution in [0.4, 0.5) is 0 Å². The first-order valence-corrected chi connectivity index (χ1v) is 4.02. The molecule has 0 fully saturated rings. The normalized spacial score (nSPS) is 9.67. The van der Waals surface area contributed by atoms with E-state index in [1.807, 2.05) is 19.1 Å². The summed E-state index contributed by atoms with van der Waals surface area (Å²) >= 11 is 0. The van der Waals surface area contributed by atoms with Gasteiger partial charge in [-0.05, 0) is 19.1 Å². The quantitative estimate of drug-likeness (QED) is 0.540. The summed E-state index contributed by atoms with van der Waals surface area (Å²) in [4.78, 5) is 0. The molecule has 1 heterocycles. The smallest absolute Gasteiger partial charge is 0.117 e. The Balaban J connectivity index is 2.21. The Morgan fingerprint density at radius 1 is 1.58 bits per heavy atom. The van der Waals surface area contributed by atoms with Crippen LogP contribution in [-0.4, -0.2) is 6.54 Å². The molecule has 0 unspecified atom stereocenters. The molecular weight excluding hydrogens is 150 g/mol. The van der Waals surface area contributed by atoms with Crippen LogP contribution in [0.25, 0.3) is 0 Å². The van der Waals surface area contributed by atoms with E-state index in [-0.39, 0.29) is 0 Å². The third-order valence-corrected chi connectivity index (χ3v) is 1.54. The van der Waals surface area contributed by atoms with E-state index >= 15 is 0 Å². The third kappa shape index (κ3) is 2.81. The van der Waals surface area contributed by atoms with Gasteiger partial charge in [0.05, 0.1) is 6.54 Å². The third-order valence-electron chi connectivity index (χ3n) is 1.54. The molecule has 0 aliphatic carbocycles. The summed E-state index contributed by atoms with van der Waals surface area (Å²) in [7, 11) is 0. The molecule has 0 bridgehead atoms. The second kappa shape index (κ2) is 4.63. The van der Waals surface area contributed by atoms with E-state index in [2.05, 4.69) is 11.2 Å². The molecule has 1 rings (SSSR count). The lowest BCUT2D eigenvalue weighted by atomic mass is 10.4. The van der Waals surface area contributed by atoms with Crippen LogP contribution in [-0.2, 0) is 6.54 Å². The lowest BCUT2D eigenvalue weighted by Gasteiger charge is -1.97. The van der Waals surface area contributed by atoms with Crippen molar-refractivity contribution in [2.24, 2.45) is 0 Å². The van der Waals surface area contributed by atoms with Crippen LogP contribution in [0.15, 0.2) is 16.5 Å². The number of rotatable bonds is 4. The average molecular weight is 163 g/mol. The van der Waals surface area contributed by atoms with Gasteiger partial charge in [-0.25, -0.2) is 0 Å². The molecule has 2 heteroatoms. The van der Waals surface area contributed by atoms with Crippen molar-refractivity contribution < 1.29 is 4.42 Å². The van der Waals surface area contributed by atoms with Gasteiger partial charge in [0, 0.05) is 13.0 Å². The lowest BCUT2D eigenvalue weighted by Crippen LogP contribution is -2.13. The van der Waals surface area contributed by atoms with Crippen LogP contribution in [0.3, 0.4) is 0 Å². The average Bonchev–Trinajstić information content (AvgIpc) is 2.45. The van der Waals surface area contributed by atoms with Gasteiger partial charge in [-0.1, -0.05) is 0 Å². The van der Waals surface area contributed by atoms with Gasteiger partial charge in [0.2, 0.25) is 0 Å². The standard InChI is InChI=1S/C10H13NO/c1-3-4-7-11-8-10-6-5-9(2)12-10/h1,5-6,11H,4,7-8H2,2H3. The summed E-state index contributed by atoms with van der Waals surface area (Å²) in [6, 6.07) is 3.93. The van der Waals surface area contributed by atoms with Crippen molar-refractivity contribution in [2.45, 2.75) is 19.9 Å². The first-order valence-electron chi connectivity index (χ1n) is 4.02. The molecule has 64 valence electrons. The molecule has 0 saturated carbocycles. The highest BCUT2D eigenvalue weighted by Crippen LogP contribution is 2.04. The predicted molar refractivity (Wildman–Crippen MR) is 48.6 cm³/mol. The molecule has 0 radical (unpaired) electrons. The minimum Gasteiger partial charge on any atom is -0.465 e. The van der Waals surface area contributed by atoms with Crippen molar-refractivity contribution in [1.29, 1.82) is 0 Å². The van der Waals surface area contributed by atoms with Crippen molar-refractivity contribution in [2.75, 3.05) is 6.54 Å². The molecule has 1 aromatic heterocycles. The van der Waals surface area contributed by atoms with Crippen LogP contribution in [0.2, 0.25) is 0 Å². The summed E-state index contributed by atoms with van der Waals surface area (Å²) in [6.07, 6.45) is 5.86. The summed E-state index contributed by atoms with van der Waals surface area (Å²) in [5, 5.41) is 3.18. The van der Waals surface area contributed by atoms with Gasteiger partial charge in [0.15, 0.2) is 0 Å². The van der Waals surface area contributed by atoms with Gasteiger partial charge < -0.3 is 9.73 Å². The number of furan rings is 1. The second-order valence-electron chi connectivity index (χ2n) is 2.64. The summed E-state index contributed by atoms with van der Waals surface area (Å²) < 4.78 is 5.35. The Morgan fingerprint density at radius 2 is 2.42 bits per heavy atom. The van der Waals surface area contributed by atoms with Crippen LogP contribution in [0, 0.1) is 19.3 Å². The topological polar surface area (TPSA) is 25.2 Å². The van der Waals surface area contributed by atoms with E-state index in [0.717, 1.165) is 31.0 Å². The molecule has 12 heavy (non-hydrogen) atoms.